The average Bonchev–Trinajstić information content (AvgIpc) is 3.11. The van der Waals surface area contributed by atoms with Gasteiger partial charge in [0.05, 0.1) is 24.9 Å². The molecule has 0 aromatic heterocycles. The van der Waals surface area contributed by atoms with Gasteiger partial charge in [0.2, 0.25) is 35.4 Å². The first kappa shape index (κ1) is 64.4. The summed E-state index contributed by atoms with van der Waals surface area (Å²) in [5.74, 6) is -9.68. The van der Waals surface area contributed by atoms with Crippen LogP contribution in [-0.2, 0) is 47.8 Å². The first-order chi connectivity index (χ1) is 30.1. The van der Waals surface area contributed by atoms with Crippen LogP contribution in [0.25, 0.3) is 0 Å². The topological polar surface area (TPSA) is 268 Å². The lowest BCUT2D eigenvalue weighted by Crippen LogP contribution is -2.60. The van der Waals surface area contributed by atoms with E-state index in [2.05, 4.69) is 21.3 Å². The molecule has 0 unspecified atom stereocenters. The minimum absolute atomic E-state index is 0.596. The molecule has 0 bridgehead atoms. The van der Waals surface area contributed by atoms with Crippen LogP contribution in [-0.4, -0.2) is 157 Å². The lowest BCUT2D eigenvalue weighted by atomic mass is 9.86. The Labute approximate surface area is 392 Å². The number of alkyl carbamates (subject to hydrolysis) is 2. The van der Waals surface area contributed by atoms with Crippen LogP contribution < -0.4 is 31.9 Å². The highest BCUT2D eigenvalue weighted by molar-refractivity contribution is 5.99. The van der Waals surface area contributed by atoms with Crippen molar-refractivity contribution in [2.24, 2.45) is 10.8 Å². The first-order valence-electron chi connectivity index (χ1n) is 20.9. The van der Waals surface area contributed by atoms with E-state index in [1.54, 1.807) is 83.1 Å². The number of ketones is 2. The molecule has 6 atom stereocenters. The van der Waals surface area contributed by atoms with Crippen LogP contribution in [0.4, 0.5) is 35.9 Å². The zero-order valence-electron chi connectivity index (χ0n) is 41.9. The van der Waals surface area contributed by atoms with E-state index >= 15 is 0 Å². The summed E-state index contributed by atoms with van der Waals surface area (Å²) in [6.45, 7) is 21.1. The van der Waals surface area contributed by atoms with Gasteiger partial charge in [-0.25, -0.2) is 9.59 Å². The van der Waals surface area contributed by atoms with Gasteiger partial charge in [0.25, 0.3) is 11.6 Å². The third kappa shape index (κ3) is 24.9. The van der Waals surface area contributed by atoms with Crippen molar-refractivity contribution < 1.29 is 83.8 Å². The summed E-state index contributed by atoms with van der Waals surface area (Å²) in [6.07, 6.45) is -13.4. The predicted octanol–water partition coefficient (Wildman–Crippen LogP) is 3.05. The SMILES string of the molecule is C[C@@H](NC(=O)[C@@H](CC(=O)N(C)C)NC(=O)[C@@H](NC(=O)OC(C)(C)C)C(C)(C)C)C(=O)C(F)(F)F.C[C@H](NC(=O)[C@@H](CC(=O)N(C)C)NC(=O)[C@@H](NC(=O)OC(C)(C)C)C(C)(C)C)C(=O)C(F)(F)F. The number of nitrogens with zero attached hydrogens (tertiary/aromatic N) is 2. The summed E-state index contributed by atoms with van der Waals surface area (Å²) in [7, 11) is 5.54. The van der Waals surface area contributed by atoms with Crippen molar-refractivity contribution >= 4 is 59.2 Å². The third-order valence-corrected chi connectivity index (χ3v) is 8.66. The van der Waals surface area contributed by atoms with Crippen LogP contribution in [0.15, 0.2) is 0 Å². The number of carbonyl (C=O) groups excluding carboxylic acids is 10. The molecule has 26 heteroatoms. The van der Waals surface area contributed by atoms with E-state index in [4.69, 9.17) is 9.47 Å². The molecule has 392 valence electrons. The molecule has 0 aromatic carbocycles. The summed E-state index contributed by atoms with van der Waals surface area (Å²) in [5, 5.41) is 13.2. The average molecular weight is 993 g/mol. The Kier molecular flexibility index (Phi) is 23.7. The van der Waals surface area contributed by atoms with E-state index in [0.717, 1.165) is 23.6 Å². The van der Waals surface area contributed by atoms with Crippen molar-refractivity contribution in [2.75, 3.05) is 28.2 Å². The highest BCUT2D eigenvalue weighted by atomic mass is 19.4. The Morgan fingerprint density at radius 1 is 0.426 bits per heavy atom. The summed E-state index contributed by atoms with van der Waals surface area (Å²) in [6, 6.07) is -9.59. The molecule has 0 spiro atoms. The van der Waals surface area contributed by atoms with Gasteiger partial charge in [-0.1, -0.05) is 41.5 Å². The number of hydrogen-bond acceptors (Lipinski definition) is 12. The maximum atomic E-state index is 13.0. The monoisotopic (exact) mass is 993 g/mol. The molecule has 68 heavy (non-hydrogen) atoms. The Bertz CT molecular complexity index is 1700. The summed E-state index contributed by atoms with van der Waals surface area (Å²) >= 11 is 0. The smallest absolute Gasteiger partial charge is 0.444 e. The number of alkyl halides is 6. The standard InChI is InChI=1S/2C21H35F3N4O6/c2*1-11(15(30)21(22,23)24)25-16(31)12(10-13(29)28(8)9)26-17(32)14(19(2,3)4)27-18(33)34-20(5,6)7/h2*11-12,14H,10H2,1-9H3,(H,25,31)(H,26,32)(H,27,33)/t11-,12+,14+;11-,12-,14-/m01/s1. The van der Waals surface area contributed by atoms with Crippen molar-refractivity contribution in [3.05, 3.63) is 0 Å². The number of carbonyl (C=O) groups is 10. The molecule has 6 N–H and O–H groups in total. The van der Waals surface area contributed by atoms with E-state index in [0.29, 0.717) is 0 Å². The molecule has 0 aliphatic heterocycles. The number of nitrogens with one attached hydrogen (secondary N) is 6. The minimum Gasteiger partial charge on any atom is -0.444 e. The molecule has 8 amide bonds. The Morgan fingerprint density at radius 3 is 0.868 bits per heavy atom. The van der Waals surface area contributed by atoms with Crippen molar-refractivity contribution in [3.8, 4) is 0 Å². The molecular weight excluding hydrogens is 922 g/mol. The molecule has 0 aliphatic rings. The van der Waals surface area contributed by atoms with Crippen molar-refractivity contribution in [1.82, 2.24) is 41.7 Å². The largest absolute Gasteiger partial charge is 0.452 e. The van der Waals surface area contributed by atoms with E-state index in [1.165, 1.54) is 28.2 Å². The number of halogens is 6. The Balaban J connectivity index is 0. The normalized spacial score (nSPS) is 14.8. The maximum absolute atomic E-state index is 13.0. The van der Waals surface area contributed by atoms with Gasteiger partial charge in [0, 0.05) is 28.2 Å². The summed E-state index contributed by atoms with van der Waals surface area (Å²) < 4.78 is 86.3. The molecule has 0 fully saturated rings. The highest BCUT2D eigenvalue weighted by Gasteiger charge is 2.45. The first-order valence-corrected chi connectivity index (χ1v) is 20.9. The minimum atomic E-state index is -5.18. The second kappa shape index (κ2) is 25.1. The van der Waals surface area contributed by atoms with Gasteiger partial charge in [-0.3, -0.25) is 38.4 Å². The van der Waals surface area contributed by atoms with Crippen LogP contribution in [0.1, 0.15) is 110 Å². The molecule has 0 saturated heterocycles. The molecule has 0 aliphatic carbocycles. The van der Waals surface area contributed by atoms with Crippen LogP contribution in [0.2, 0.25) is 0 Å². The lowest BCUT2D eigenvalue weighted by molar-refractivity contribution is -0.173. The summed E-state index contributed by atoms with van der Waals surface area (Å²) in [4.78, 5) is 125. The van der Waals surface area contributed by atoms with Crippen molar-refractivity contribution in [2.45, 2.75) is 170 Å². The van der Waals surface area contributed by atoms with Crippen molar-refractivity contribution in [1.29, 1.82) is 0 Å². The fourth-order valence-corrected chi connectivity index (χ4v) is 5.09. The van der Waals surface area contributed by atoms with E-state index < -0.39 is 143 Å². The third-order valence-electron chi connectivity index (χ3n) is 8.66. The molecule has 0 saturated carbocycles. The number of rotatable bonds is 16. The summed E-state index contributed by atoms with van der Waals surface area (Å²) in [5.41, 5.74) is -3.48. The van der Waals surface area contributed by atoms with Gasteiger partial charge < -0.3 is 51.2 Å². The second-order valence-corrected chi connectivity index (χ2v) is 20.2. The van der Waals surface area contributed by atoms with Gasteiger partial charge in [-0.05, 0) is 66.2 Å². The molecular formula is C42H70F6N8O12. The van der Waals surface area contributed by atoms with Crippen LogP contribution in [0.3, 0.4) is 0 Å². The number of Topliss-reactive ketones (excluding diaryl/α,β-unsaturated/α-hetero) is 2. The number of hydrogen-bond donors (Lipinski definition) is 6. The van der Waals surface area contributed by atoms with Crippen molar-refractivity contribution in [3.63, 3.8) is 0 Å². The Morgan fingerprint density at radius 2 is 0.676 bits per heavy atom. The Hall–Kier alpha value is -5.72. The zero-order chi connectivity index (χ0) is 54.5. The van der Waals surface area contributed by atoms with E-state index in [9.17, 15) is 74.3 Å². The fraction of sp³-hybridized carbons (Fsp3) is 0.762. The highest BCUT2D eigenvalue weighted by Crippen LogP contribution is 2.23. The lowest BCUT2D eigenvalue weighted by Gasteiger charge is -2.32. The molecule has 0 heterocycles. The van der Waals surface area contributed by atoms with Crippen LogP contribution in [0, 0.1) is 10.8 Å². The quantitative estimate of drug-likeness (QED) is 0.122. The van der Waals surface area contributed by atoms with Crippen LogP contribution >= 0.6 is 0 Å². The molecule has 0 rings (SSSR count). The molecule has 20 nitrogen and oxygen atoms in total. The maximum Gasteiger partial charge on any atom is 0.452 e. The number of amides is 8. The van der Waals surface area contributed by atoms with Gasteiger partial charge >= 0.3 is 24.5 Å². The van der Waals surface area contributed by atoms with Gasteiger partial charge in [-0.15, -0.1) is 0 Å². The fourth-order valence-electron chi connectivity index (χ4n) is 5.09. The zero-order valence-corrected chi connectivity index (χ0v) is 41.9. The van der Waals surface area contributed by atoms with E-state index in [-0.39, 0.29) is 0 Å². The predicted molar refractivity (Wildman–Crippen MR) is 233 cm³/mol. The molecule has 0 aromatic rings. The second-order valence-electron chi connectivity index (χ2n) is 20.2. The molecule has 0 radical (unpaired) electrons. The van der Waals surface area contributed by atoms with E-state index in [1.807, 2.05) is 10.6 Å². The van der Waals surface area contributed by atoms with Crippen LogP contribution in [0.5, 0.6) is 0 Å². The van der Waals surface area contributed by atoms with Gasteiger partial charge in [0.1, 0.15) is 35.4 Å². The number of ether oxygens (including phenoxy) is 2. The van der Waals surface area contributed by atoms with Gasteiger partial charge in [0.15, 0.2) is 0 Å². The van der Waals surface area contributed by atoms with Gasteiger partial charge in [-0.2, -0.15) is 26.3 Å².